The molecule has 0 heterocycles. The Morgan fingerprint density at radius 3 is 2.55 bits per heavy atom. The van der Waals surface area contributed by atoms with Gasteiger partial charge in [0.15, 0.2) is 0 Å². The van der Waals surface area contributed by atoms with Crippen LogP contribution in [0.1, 0.15) is 18.1 Å². The van der Waals surface area contributed by atoms with Crippen LogP contribution in [-0.4, -0.2) is 5.91 Å². The third-order valence-electron chi connectivity index (χ3n) is 3.09. The van der Waals surface area contributed by atoms with Crippen molar-refractivity contribution < 1.29 is 9.53 Å². The summed E-state index contributed by atoms with van der Waals surface area (Å²) in [4.78, 5) is 10.1. The summed E-state index contributed by atoms with van der Waals surface area (Å²) in [5, 5.41) is 0. The lowest BCUT2D eigenvalue weighted by atomic mass is 9.99. The van der Waals surface area contributed by atoms with E-state index in [1.165, 1.54) is 0 Å². The highest BCUT2D eigenvalue weighted by Gasteiger charge is 2.30. The lowest BCUT2D eigenvalue weighted by Crippen LogP contribution is -2.33. The number of alkyl halides is 1. The summed E-state index contributed by atoms with van der Waals surface area (Å²) in [6, 6.07) is 16.9. The molecule has 20 heavy (non-hydrogen) atoms. The number of ether oxygens (including phenoxy) is 1. The van der Waals surface area contributed by atoms with Crippen molar-refractivity contribution in [1.29, 1.82) is 0 Å². The van der Waals surface area contributed by atoms with Crippen LogP contribution in [0.4, 0.5) is 0 Å². The first-order valence-corrected chi connectivity index (χ1v) is 6.64. The fraction of sp³-hybridized carbons (Fsp3) is 0.188. The summed E-state index contributed by atoms with van der Waals surface area (Å²) in [6.07, 6.45) is 0. The van der Waals surface area contributed by atoms with E-state index in [0.717, 1.165) is 5.56 Å². The summed E-state index contributed by atoms with van der Waals surface area (Å²) >= 11 is 6.16. The van der Waals surface area contributed by atoms with E-state index in [0.29, 0.717) is 17.9 Å². The van der Waals surface area contributed by atoms with Gasteiger partial charge in [-0.1, -0.05) is 42.5 Å². The van der Waals surface area contributed by atoms with E-state index >= 15 is 0 Å². The van der Waals surface area contributed by atoms with E-state index in [-0.39, 0.29) is 0 Å². The van der Waals surface area contributed by atoms with E-state index in [2.05, 4.69) is 0 Å². The van der Waals surface area contributed by atoms with Gasteiger partial charge >= 0.3 is 0 Å². The lowest BCUT2D eigenvalue weighted by Gasteiger charge is -2.19. The van der Waals surface area contributed by atoms with Gasteiger partial charge in [0.2, 0.25) is 5.91 Å². The molecule has 0 saturated heterocycles. The van der Waals surface area contributed by atoms with Crippen molar-refractivity contribution in [3.8, 4) is 5.75 Å². The maximum absolute atomic E-state index is 11.4. The maximum atomic E-state index is 11.4. The largest absolute Gasteiger partial charge is 0.489 e. The van der Waals surface area contributed by atoms with Crippen molar-refractivity contribution in [3.63, 3.8) is 0 Å². The molecule has 0 fully saturated rings. The van der Waals surface area contributed by atoms with E-state index in [1.54, 1.807) is 25.1 Å². The second-order valence-corrected chi connectivity index (χ2v) is 5.43. The SMILES string of the molecule is CC(Cl)(C(N)=O)c1cccc(OCc2ccccc2)c1. The summed E-state index contributed by atoms with van der Waals surface area (Å²) in [6.45, 7) is 2.03. The highest BCUT2D eigenvalue weighted by molar-refractivity contribution is 6.34. The summed E-state index contributed by atoms with van der Waals surface area (Å²) in [5.41, 5.74) is 7.00. The molecule has 0 aliphatic rings. The van der Waals surface area contributed by atoms with Crippen molar-refractivity contribution in [2.24, 2.45) is 5.73 Å². The molecule has 0 bridgehead atoms. The predicted octanol–water partition coefficient (Wildman–Crippen LogP) is 3.20. The van der Waals surface area contributed by atoms with Gasteiger partial charge in [-0.2, -0.15) is 0 Å². The number of hydrogen-bond donors (Lipinski definition) is 1. The average Bonchev–Trinajstić information content (AvgIpc) is 2.46. The molecule has 0 saturated carbocycles. The number of halogens is 1. The minimum absolute atomic E-state index is 0.458. The Balaban J connectivity index is 2.13. The van der Waals surface area contributed by atoms with Gasteiger partial charge in [0.25, 0.3) is 0 Å². The van der Waals surface area contributed by atoms with Crippen molar-refractivity contribution in [1.82, 2.24) is 0 Å². The van der Waals surface area contributed by atoms with Crippen LogP contribution in [-0.2, 0) is 16.3 Å². The monoisotopic (exact) mass is 289 g/mol. The lowest BCUT2D eigenvalue weighted by molar-refractivity contribution is -0.120. The number of nitrogens with two attached hydrogens (primary N) is 1. The number of carbonyl (C=O) groups is 1. The first-order chi connectivity index (χ1) is 9.50. The number of carbonyl (C=O) groups excluding carboxylic acids is 1. The molecule has 2 rings (SSSR count). The topological polar surface area (TPSA) is 52.3 Å². The molecule has 4 heteroatoms. The number of amides is 1. The normalized spacial score (nSPS) is 13.5. The highest BCUT2D eigenvalue weighted by atomic mass is 35.5. The molecule has 2 aromatic carbocycles. The molecule has 104 valence electrons. The fourth-order valence-corrected chi connectivity index (χ4v) is 1.88. The Morgan fingerprint density at radius 1 is 1.20 bits per heavy atom. The molecular formula is C16H16ClNO2. The van der Waals surface area contributed by atoms with Gasteiger partial charge in [0, 0.05) is 0 Å². The Hall–Kier alpha value is -2.00. The van der Waals surface area contributed by atoms with Gasteiger partial charge < -0.3 is 10.5 Å². The fourth-order valence-electron chi connectivity index (χ4n) is 1.76. The molecular weight excluding hydrogens is 274 g/mol. The molecule has 2 N–H and O–H groups in total. The highest BCUT2D eigenvalue weighted by Crippen LogP contribution is 2.30. The Morgan fingerprint density at radius 2 is 1.90 bits per heavy atom. The Labute approximate surface area is 123 Å². The van der Waals surface area contributed by atoms with Crippen LogP contribution in [0.25, 0.3) is 0 Å². The van der Waals surface area contributed by atoms with Crippen LogP contribution in [0.3, 0.4) is 0 Å². The minimum Gasteiger partial charge on any atom is -0.489 e. The Kier molecular flexibility index (Phi) is 4.30. The van der Waals surface area contributed by atoms with Crippen LogP contribution >= 0.6 is 11.6 Å². The standard InChI is InChI=1S/C16H16ClNO2/c1-16(17,15(18)19)13-8-5-9-14(10-13)20-11-12-6-3-2-4-7-12/h2-10H,11H2,1H3,(H2,18,19). The van der Waals surface area contributed by atoms with Gasteiger partial charge in [-0.15, -0.1) is 11.6 Å². The predicted molar refractivity (Wildman–Crippen MR) is 79.6 cm³/mol. The van der Waals surface area contributed by atoms with Gasteiger partial charge in [-0.3, -0.25) is 4.79 Å². The number of hydrogen-bond acceptors (Lipinski definition) is 2. The maximum Gasteiger partial charge on any atom is 0.242 e. The summed E-state index contributed by atoms with van der Waals surface area (Å²) in [5.74, 6) is 0.0684. The quantitative estimate of drug-likeness (QED) is 0.859. The first-order valence-electron chi connectivity index (χ1n) is 6.26. The minimum atomic E-state index is -1.23. The van der Waals surface area contributed by atoms with Crippen molar-refractivity contribution in [2.45, 2.75) is 18.4 Å². The zero-order valence-electron chi connectivity index (χ0n) is 11.2. The Bertz CT molecular complexity index is 596. The first kappa shape index (κ1) is 14.4. The van der Waals surface area contributed by atoms with Crippen LogP contribution in [0, 0.1) is 0 Å². The number of rotatable bonds is 5. The van der Waals surface area contributed by atoms with Gasteiger partial charge in [-0.25, -0.2) is 0 Å². The van der Waals surface area contributed by atoms with E-state index < -0.39 is 10.8 Å². The summed E-state index contributed by atoms with van der Waals surface area (Å²) < 4.78 is 5.70. The smallest absolute Gasteiger partial charge is 0.242 e. The third kappa shape index (κ3) is 3.31. The molecule has 0 radical (unpaired) electrons. The second-order valence-electron chi connectivity index (χ2n) is 4.67. The van der Waals surface area contributed by atoms with Crippen molar-refractivity contribution in [2.75, 3.05) is 0 Å². The molecule has 3 nitrogen and oxygen atoms in total. The third-order valence-corrected chi connectivity index (χ3v) is 3.49. The molecule has 0 aliphatic carbocycles. The molecule has 1 unspecified atom stereocenters. The molecule has 0 aromatic heterocycles. The second kappa shape index (κ2) is 5.97. The zero-order chi connectivity index (χ0) is 14.6. The zero-order valence-corrected chi connectivity index (χ0v) is 11.9. The average molecular weight is 290 g/mol. The van der Waals surface area contributed by atoms with Crippen LogP contribution in [0.5, 0.6) is 5.75 Å². The molecule has 2 aromatic rings. The van der Waals surface area contributed by atoms with E-state index in [1.807, 2.05) is 36.4 Å². The van der Waals surface area contributed by atoms with Crippen molar-refractivity contribution in [3.05, 3.63) is 65.7 Å². The van der Waals surface area contributed by atoms with E-state index in [9.17, 15) is 4.79 Å². The number of benzene rings is 2. The molecule has 1 amide bonds. The summed E-state index contributed by atoms with van der Waals surface area (Å²) in [7, 11) is 0. The molecule has 1 atom stereocenters. The molecule has 0 aliphatic heterocycles. The van der Waals surface area contributed by atoms with Crippen LogP contribution < -0.4 is 10.5 Å². The van der Waals surface area contributed by atoms with Crippen LogP contribution in [0.2, 0.25) is 0 Å². The van der Waals surface area contributed by atoms with Gasteiger partial charge in [-0.05, 0) is 30.2 Å². The van der Waals surface area contributed by atoms with Crippen LogP contribution in [0.15, 0.2) is 54.6 Å². The van der Waals surface area contributed by atoms with Gasteiger partial charge in [0.1, 0.15) is 17.2 Å². The number of primary amides is 1. The van der Waals surface area contributed by atoms with Gasteiger partial charge in [0.05, 0.1) is 0 Å². The van der Waals surface area contributed by atoms with E-state index in [4.69, 9.17) is 22.1 Å². The van der Waals surface area contributed by atoms with Crippen molar-refractivity contribution >= 4 is 17.5 Å². The molecule has 0 spiro atoms.